The summed E-state index contributed by atoms with van der Waals surface area (Å²) in [6.45, 7) is 0.701. The first kappa shape index (κ1) is 18.4. The average molecular weight is 374 g/mol. The van der Waals surface area contributed by atoms with Crippen molar-refractivity contribution in [3.05, 3.63) is 35.6 Å². The van der Waals surface area contributed by atoms with Gasteiger partial charge in [-0.2, -0.15) is 0 Å². The molecule has 0 aromatic heterocycles. The minimum Gasteiger partial charge on any atom is -0.332 e. The van der Waals surface area contributed by atoms with E-state index in [0.717, 1.165) is 47.5 Å². The van der Waals surface area contributed by atoms with Crippen LogP contribution in [-0.2, 0) is 11.3 Å². The largest absolute Gasteiger partial charge is 0.332 e. The number of halogens is 1. The molecule has 0 spiro atoms. The first-order valence-electron chi connectivity index (χ1n) is 10.1. The predicted octanol–water partition coefficient (Wildman–Crippen LogP) is 1.63. The van der Waals surface area contributed by atoms with Gasteiger partial charge < -0.3 is 10.2 Å². The first-order valence-corrected chi connectivity index (χ1v) is 10.1. The van der Waals surface area contributed by atoms with Gasteiger partial charge in [0.1, 0.15) is 12.4 Å². The fourth-order valence-corrected chi connectivity index (χ4v) is 6.04. The van der Waals surface area contributed by atoms with E-state index in [1.165, 1.54) is 31.4 Å². The van der Waals surface area contributed by atoms with Gasteiger partial charge in [-0.1, -0.05) is 12.1 Å². The van der Waals surface area contributed by atoms with E-state index in [1.54, 1.807) is 6.07 Å². The van der Waals surface area contributed by atoms with Gasteiger partial charge in [-0.25, -0.2) is 9.18 Å². The highest BCUT2D eigenvalue weighted by Gasteiger charge is 2.51. The standard InChI is InChI=1S/C21H28FN3O2/c1-25(12-14-3-2-4-18(22)8-14)13-19(26)23-20(27)24-21-9-15-5-16(10-21)7-17(6-15)11-21/h2-4,8,15-17H,5-7,9-13H2,1H3,(H2,23,24,26,27)/p+1. The van der Waals surface area contributed by atoms with Crippen LogP contribution in [0.1, 0.15) is 44.1 Å². The van der Waals surface area contributed by atoms with Gasteiger partial charge in [0.2, 0.25) is 0 Å². The molecule has 0 radical (unpaired) electrons. The quantitative estimate of drug-likeness (QED) is 0.734. The molecule has 4 aliphatic rings. The second-order valence-corrected chi connectivity index (χ2v) is 9.14. The molecule has 4 bridgehead atoms. The lowest BCUT2D eigenvalue weighted by Gasteiger charge is -2.56. The van der Waals surface area contributed by atoms with Crippen LogP contribution in [0.2, 0.25) is 0 Å². The van der Waals surface area contributed by atoms with E-state index in [9.17, 15) is 14.0 Å². The third kappa shape index (κ3) is 4.32. The first-order chi connectivity index (χ1) is 12.9. The number of hydrogen-bond acceptors (Lipinski definition) is 2. The number of benzene rings is 1. The van der Waals surface area contributed by atoms with E-state index < -0.39 is 0 Å². The molecule has 3 amide bonds. The fraction of sp³-hybridized carbons (Fsp3) is 0.619. The number of hydrogen-bond donors (Lipinski definition) is 3. The predicted molar refractivity (Wildman–Crippen MR) is 99.4 cm³/mol. The van der Waals surface area contributed by atoms with Crippen LogP contribution >= 0.6 is 0 Å². The number of carbonyl (C=O) groups excluding carboxylic acids is 2. The van der Waals surface area contributed by atoms with Crippen LogP contribution in [0, 0.1) is 23.6 Å². The van der Waals surface area contributed by atoms with Crippen molar-refractivity contribution in [1.82, 2.24) is 10.6 Å². The summed E-state index contributed by atoms with van der Waals surface area (Å²) < 4.78 is 13.3. The van der Waals surface area contributed by atoms with Gasteiger partial charge in [0.25, 0.3) is 5.91 Å². The molecule has 0 aliphatic heterocycles. The SMILES string of the molecule is C[NH+](CC(=O)NC(=O)NC12CC3CC(CC(C3)C1)C2)Cc1cccc(F)c1. The topological polar surface area (TPSA) is 62.6 Å². The Morgan fingerprint density at radius 1 is 1.15 bits per heavy atom. The lowest BCUT2D eigenvalue weighted by atomic mass is 9.53. The molecule has 0 saturated heterocycles. The molecule has 6 heteroatoms. The summed E-state index contributed by atoms with van der Waals surface area (Å²) in [7, 11) is 1.86. The van der Waals surface area contributed by atoms with Crippen molar-refractivity contribution in [2.45, 2.75) is 50.6 Å². The van der Waals surface area contributed by atoms with Crippen molar-refractivity contribution in [2.24, 2.45) is 17.8 Å². The number of carbonyl (C=O) groups is 2. The second kappa shape index (κ2) is 7.23. The van der Waals surface area contributed by atoms with E-state index in [1.807, 2.05) is 13.1 Å². The zero-order valence-electron chi connectivity index (χ0n) is 15.9. The number of amides is 3. The van der Waals surface area contributed by atoms with E-state index in [2.05, 4.69) is 10.6 Å². The minimum atomic E-state index is -0.361. The van der Waals surface area contributed by atoms with Crippen molar-refractivity contribution in [3.8, 4) is 0 Å². The Morgan fingerprint density at radius 2 is 1.78 bits per heavy atom. The van der Waals surface area contributed by atoms with Crippen molar-refractivity contribution < 1.29 is 18.9 Å². The summed E-state index contributed by atoms with van der Waals surface area (Å²) in [5.74, 6) is 1.66. The van der Waals surface area contributed by atoms with Gasteiger partial charge in [-0.3, -0.25) is 10.1 Å². The van der Waals surface area contributed by atoms with Gasteiger partial charge >= 0.3 is 6.03 Å². The summed E-state index contributed by atoms with van der Waals surface area (Å²) in [5.41, 5.74) is 0.734. The van der Waals surface area contributed by atoms with Gasteiger partial charge in [0, 0.05) is 11.1 Å². The van der Waals surface area contributed by atoms with Gasteiger partial charge in [-0.05, 0) is 68.4 Å². The maximum atomic E-state index is 13.3. The summed E-state index contributed by atoms with van der Waals surface area (Å²) >= 11 is 0. The van der Waals surface area contributed by atoms with Crippen LogP contribution in [0.25, 0.3) is 0 Å². The summed E-state index contributed by atoms with van der Waals surface area (Å²) in [4.78, 5) is 25.6. The van der Waals surface area contributed by atoms with Crippen LogP contribution in [0.4, 0.5) is 9.18 Å². The smallest absolute Gasteiger partial charge is 0.322 e. The Morgan fingerprint density at radius 3 is 2.37 bits per heavy atom. The Balaban J connectivity index is 1.26. The molecule has 5 nitrogen and oxygen atoms in total. The molecule has 1 aromatic carbocycles. The average Bonchev–Trinajstić information content (AvgIpc) is 2.52. The lowest BCUT2D eigenvalue weighted by molar-refractivity contribution is -0.885. The third-order valence-electron chi connectivity index (χ3n) is 6.53. The molecule has 4 aliphatic carbocycles. The molecular formula is C21H29FN3O2+. The molecule has 1 atom stereocenters. The second-order valence-electron chi connectivity index (χ2n) is 9.14. The lowest BCUT2D eigenvalue weighted by Crippen LogP contribution is -3.09. The van der Waals surface area contributed by atoms with Crippen LogP contribution < -0.4 is 15.5 Å². The molecule has 27 heavy (non-hydrogen) atoms. The van der Waals surface area contributed by atoms with Crippen LogP contribution in [0.15, 0.2) is 24.3 Å². The minimum absolute atomic E-state index is 0.0978. The summed E-state index contributed by atoms with van der Waals surface area (Å²) in [6.07, 6.45) is 7.13. The molecular weight excluding hydrogens is 345 g/mol. The number of imide groups is 1. The molecule has 3 N–H and O–H groups in total. The van der Waals surface area contributed by atoms with E-state index in [4.69, 9.17) is 0 Å². The number of likely N-dealkylation sites (N-methyl/N-ethyl adjacent to an activating group) is 1. The summed E-state index contributed by atoms with van der Waals surface area (Å²) in [5, 5.41) is 5.66. The number of nitrogens with one attached hydrogen (secondary N) is 3. The number of quaternary nitrogens is 1. The Hall–Kier alpha value is -1.95. The van der Waals surface area contributed by atoms with Gasteiger partial charge in [-0.15, -0.1) is 0 Å². The number of urea groups is 1. The van der Waals surface area contributed by atoms with Crippen LogP contribution in [0.3, 0.4) is 0 Å². The Labute approximate surface area is 159 Å². The van der Waals surface area contributed by atoms with Crippen molar-refractivity contribution in [1.29, 1.82) is 0 Å². The Bertz CT molecular complexity index is 701. The third-order valence-corrected chi connectivity index (χ3v) is 6.53. The van der Waals surface area contributed by atoms with E-state index >= 15 is 0 Å². The molecule has 4 fully saturated rings. The maximum absolute atomic E-state index is 13.3. The van der Waals surface area contributed by atoms with Crippen LogP contribution in [0.5, 0.6) is 0 Å². The van der Waals surface area contributed by atoms with Crippen molar-refractivity contribution >= 4 is 11.9 Å². The normalized spacial score (nSPS) is 32.1. The zero-order valence-corrected chi connectivity index (χ0v) is 15.9. The maximum Gasteiger partial charge on any atom is 0.322 e. The monoisotopic (exact) mass is 374 g/mol. The number of rotatable bonds is 5. The van der Waals surface area contributed by atoms with E-state index in [0.29, 0.717) is 6.54 Å². The molecule has 1 aromatic rings. The van der Waals surface area contributed by atoms with Crippen molar-refractivity contribution in [2.75, 3.05) is 13.6 Å². The molecule has 5 rings (SSSR count). The highest BCUT2D eigenvalue weighted by atomic mass is 19.1. The molecule has 4 saturated carbocycles. The highest BCUT2D eigenvalue weighted by molar-refractivity contribution is 5.95. The molecule has 1 unspecified atom stereocenters. The van der Waals surface area contributed by atoms with Crippen molar-refractivity contribution in [3.63, 3.8) is 0 Å². The van der Waals surface area contributed by atoms with Gasteiger partial charge in [0.05, 0.1) is 7.05 Å². The Kier molecular flexibility index (Phi) is 4.93. The highest BCUT2D eigenvalue weighted by Crippen LogP contribution is 2.55. The summed E-state index contributed by atoms with van der Waals surface area (Å²) in [6, 6.07) is 6.02. The molecule has 146 valence electrons. The van der Waals surface area contributed by atoms with E-state index in [-0.39, 0.29) is 29.8 Å². The van der Waals surface area contributed by atoms with Crippen LogP contribution in [-0.4, -0.2) is 31.1 Å². The molecule has 0 heterocycles. The zero-order chi connectivity index (χ0) is 19.0. The van der Waals surface area contributed by atoms with Gasteiger partial charge in [0.15, 0.2) is 6.54 Å². The fourth-order valence-electron chi connectivity index (χ4n) is 6.04.